The van der Waals surface area contributed by atoms with Crippen LogP contribution < -0.4 is 0 Å². The summed E-state index contributed by atoms with van der Waals surface area (Å²) < 4.78 is 16.5. The molecule has 0 heterocycles. The van der Waals surface area contributed by atoms with E-state index in [-0.39, 0.29) is 0 Å². The largest absolute Gasteiger partial charge is 0.501 e. The maximum Gasteiger partial charge on any atom is 0.0873 e. The highest BCUT2D eigenvalue weighted by atomic mass is 16.5. The molecule has 3 nitrogen and oxygen atoms in total. The molecule has 0 aliphatic heterocycles. The fraction of sp³-hybridized carbons (Fsp3) is 0.800. The van der Waals surface area contributed by atoms with E-state index in [2.05, 4.69) is 27.7 Å². The summed E-state index contributed by atoms with van der Waals surface area (Å²) in [5.74, 6) is 0. The fourth-order valence-electron chi connectivity index (χ4n) is 2.04. The Labute approximate surface area is 144 Å². The second-order valence-electron chi connectivity index (χ2n) is 6.57. The molecule has 0 atom stereocenters. The van der Waals surface area contributed by atoms with Crippen molar-refractivity contribution in [2.75, 3.05) is 26.4 Å². The third kappa shape index (κ3) is 21.0. The third-order valence-corrected chi connectivity index (χ3v) is 3.24. The zero-order valence-electron chi connectivity index (χ0n) is 15.9. The van der Waals surface area contributed by atoms with Crippen molar-refractivity contribution in [3.8, 4) is 0 Å². The van der Waals surface area contributed by atoms with Gasteiger partial charge < -0.3 is 14.2 Å². The molecular weight excluding hydrogens is 288 g/mol. The molecule has 23 heavy (non-hydrogen) atoms. The van der Waals surface area contributed by atoms with Gasteiger partial charge in [-0.3, -0.25) is 0 Å². The van der Waals surface area contributed by atoms with E-state index in [0.29, 0.717) is 0 Å². The molecule has 3 heteroatoms. The number of unbranched alkanes of at least 4 members (excludes halogenated alkanes) is 6. The van der Waals surface area contributed by atoms with E-state index < -0.39 is 0 Å². The molecule has 0 bridgehead atoms. The summed E-state index contributed by atoms with van der Waals surface area (Å²) in [6.45, 7) is 11.7. The second-order valence-corrected chi connectivity index (χ2v) is 6.57. The molecule has 0 saturated heterocycles. The van der Waals surface area contributed by atoms with Crippen LogP contribution in [0.5, 0.6) is 0 Å². The molecular formula is C20H38O3. The molecule has 0 radical (unpaired) electrons. The highest BCUT2D eigenvalue weighted by Gasteiger charge is 1.93. The van der Waals surface area contributed by atoms with E-state index in [4.69, 9.17) is 14.2 Å². The van der Waals surface area contributed by atoms with E-state index >= 15 is 0 Å². The van der Waals surface area contributed by atoms with Gasteiger partial charge in [0.25, 0.3) is 0 Å². The summed E-state index contributed by atoms with van der Waals surface area (Å²) in [5, 5.41) is 0. The molecule has 0 saturated carbocycles. The highest BCUT2D eigenvalue weighted by Crippen LogP contribution is 2.04. The molecule has 0 aliphatic rings. The number of hydrogen-bond acceptors (Lipinski definition) is 3. The molecule has 0 aromatic carbocycles. The van der Waals surface area contributed by atoms with Crippen molar-refractivity contribution in [2.24, 2.45) is 0 Å². The lowest BCUT2D eigenvalue weighted by atomic mass is 10.2. The van der Waals surface area contributed by atoms with Gasteiger partial charge in [0.2, 0.25) is 0 Å². The first kappa shape index (κ1) is 22.0. The number of ether oxygens (including phenoxy) is 3. The van der Waals surface area contributed by atoms with Crippen LogP contribution in [-0.4, -0.2) is 26.4 Å². The van der Waals surface area contributed by atoms with Gasteiger partial charge in [-0.1, -0.05) is 12.8 Å². The standard InChI is InChI=1S/C20H38O3/c1-19(2)17-22-15-11-7-5-9-13-21-14-10-6-8-12-16-23-18-20(3)4/h17-18H,5-16H2,1-4H3. The molecule has 0 amide bonds. The summed E-state index contributed by atoms with van der Waals surface area (Å²) in [6, 6.07) is 0. The van der Waals surface area contributed by atoms with Crippen molar-refractivity contribution in [3.05, 3.63) is 23.7 Å². The Kier molecular flexibility index (Phi) is 16.7. The van der Waals surface area contributed by atoms with E-state index in [1.807, 2.05) is 12.5 Å². The Bertz CT molecular complexity index is 270. The quantitative estimate of drug-likeness (QED) is 0.257. The van der Waals surface area contributed by atoms with Gasteiger partial charge in [-0.15, -0.1) is 0 Å². The first-order chi connectivity index (χ1) is 11.1. The summed E-state index contributed by atoms with van der Waals surface area (Å²) in [6.07, 6.45) is 13.2. The normalized spacial score (nSPS) is 10.3. The van der Waals surface area contributed by atoms with Crippen molar-refractivity contribution >= 4 is 0 Å². The van der Waals surface area contributed by atoms with Crippen LogP contribution >= 0.6 is 0 Å². The van der Waals surface area contributed by atoms with Gasteiger partial charge in [-0.2, -0.15) is 0 Å². The summed E-state index contributed by atoms with van der Waals surface area (Å²) in [5.41, 5.74) is 2.44. The maximum atomic E-state index is 5.67. The fourth-order valence-corrected chi connectivity index (χ4v) is 2.04. The minimum Gasteiger partial charge on any atom is -0.501 e. The third-order valence-electron chi connectivity index (χ3n) is 3.24. The molecule has 0 fully saturated rings. The van der Waals surface area contributed by atoms with Crippen LogP contribution in [0.1, 0.15) is 79.1 Å². The van der Waals surface area contributed by atoms with Gasteiger partial charge in [0.15, 0.2) is 0 Å². The van der Waals surface area contributed by atoms with Crippen LogP contribution in [0.2, 0.25) is 0 Å². The van der Waals surface area contributed by atoms with Crippen LogP contribution in [0.3, 0.4) is 0 Å². The van der Waals surface area contributed by atoms with E-state index in [9.17, 15) is 0 Å². The molecule has 0 rings (SSSR count). The summed E-state index contributed by atoms with van der Waals surface area (Å²) >= 11 is 0. The van der Waals surface area contributed by atoms with Crippen molar-refractivity contribution in [2.45, 2.75) is 79.1 Å². The Hall–Kier alpha value is -0.960. The molecule has 0 aromatic rings. The minimum absolute atomic E-state index is 0.837. The van der Waals surface area contributed by atoms with Crippen LogP contribution in [-0.2, 0) is 14.2 Å². The molecule has 0 aliphatic carbocycles. The molecule has 0 spiro atoms. The van der Waals surface area contributed by atoms with Crippen LogP contribution in [0.15, 0.2) is 23.7 Å². The molecule has 0 N–H and O–H groups in total. The highest BCUT2D eigenvalue weighted by molar-refractivity contribution is 4.86. The monoisotopic (exact) mass is 326 g/mol. The van der Waals surface area contributed by atoms with Crippen LogP contribution in [0.4, 0.5) is 0 Å². The van der Waals surface area contributed by atoms with Crippen molar-refractivity contribution < 1.29 is 14.2 Å². The number of allylic oxidation sites excluding steroid dienone is 2. The lowest BCUT2D eigenvalue weighted by molar-refractivity contribution is 0.124. The Morgan fingerprint density at radius 2 is 0.870 bits per heavy atom. The summed E-state index contributed by atoms with van der Waals surface area (Å²) in [7, 11) is 0. The van der Waals surface area contributed by atoms with Crippen LogP contribution in [0.25, 0.3) is 0 Å². The van der Waals surface area contributed by atoms with E-state index in [1.165, 1.54) is 49.7 Å². The van der Waals surface area contributed by atoms with E-state index in [1.54, 1.807) is 0 Å². The average Bonchev–Trinajstić information content (AvgIpc) is 2.49. The van der Waals surface area contributed by atoms with Crippen molar-refractivity contribution in [1.82, 2.24) is 0 Å². The van der Waals surface area contributed by atoms with Gasteiger partial charge in [0.1, 0.15) is 0 Å². The smallest absolute Gasteiger partial charge is 0.0873 e. The van der Waals surface area contributed by atoms with Gasteiger partial charge in [0, 0.05) is 13.2 Å². The zero-order valence-corrected chi connectivity index (χ0v) is 15.9. The predicted molar refractivity (Wildman–Crippen MR) is 98.5 cm³/mol. The first-order valence-electron chi connectivity index (χ1n) is 9.20. The summed E-state index contributed by atoms with van der Waals surface area (Å²) in [4.78, 5) is 0. The van der Waals surface area contributed by atoms with Crippen LogP contribution in [0, 0.1) is 0 Å². The van der Waals surface area contributed by atoms with Crippen molar-refractivity contribution in [3.63, 3.8) is 0 Å². The number of rotatable bonds is 16. The Morgan fingerprint density at radius 1 is 0.522 bits per heavy atom. The number of hydrogen-bond donors (Lipinski definition) is 0. The minimum atomic E-state index is 0.837. The average molecular weight is 327 g/mol. The SMILES string of the molecule is CC(C)=COCCCCCCOCCCCCCOC=C(C)C. The molecule has 136 valence electrons. The van der Waals surface area contributed by atoms with Gasteiger partial charge in [-0.05, 0) is 77.4 Å². The van der Waals surface area contributed by atoms with E-state index in [0.717, 1.165) is 39.3 Å². The Morgan fingerprint density at radius 3 is 1.22 bits per heavy atom. The first-order valence-corrected chi connectivity index (χ1v) is 9.20. The lowest BCUT2D eigenvalue weighted by Gasteiger charge is -2.05. The Balaban J connectivity index is 3.05. The van der Waals surface area contributed by atoms with Gasteiger partial charge >= 0.3 is 0 Å². The topological polar surface area (TPSA) is 27.7 Å². The zero-order chi connectivity index (χ0) is 17.2. The maximum absolute atomic E-state index is 5.67. The lowest BCUT2D eigenvalue weighted by Crippen LogP contribution is -1.98. The second kappa shape index (κ2) is 17.4. The molecule has 0 aromatic heterocycles. The van der Waals surface area contributed by atoms with Crippen molar-refractivity contribution in [1.29, 1.82) is 0 Å². The van der Waals surface area contributed by atoms with Gasteiger partial charge in [-0.25, -0.2) is 0 Å². The van der Waals surface area contributed by atoms with Gasteiger partial charge in [0.05, 0.1) is 25.7 Å². The predicted octanol–water partition coefficient (Wildman–Crippen LogP) is 6.00. The molecule has 0 unspecified atom stereocenters.